The third-order valence-corrected chi connectivity index (χ3v) is 26.4. The highest BCUT2D eigenvalue weighted by atomic mass is 79.9. The first-order valence-electron chi connectivity index (χ1n) is 44.9. The Morgan fingerprint density at radius 3 is 0.398 bits per heavy atom. The molecule has 0 spiro atoms. The van der Waals surface area contributed by atoms with Crippen molar-refractivity contribution in [3.63, 3.8) is 0 Å². The van der Waals surface area contributed by atoms with Gasteiger partial charge in [0, 0.05) is 4.47 Å². The molecule has 0 fully saturated rings. The zero-order valence-corrected chi connectivity index (χ0v) is 67.8. The van der Waals surface area contributed by atoms with Crippen molar-refractivity contribution >= 4 is 145 Å². The first-order chi connectivity index (χ1) is 51.0. The Morgan fingerprint density at radius 1 is 0.146 bits per heavy atom. The fourth-order valence-corrected chi connectivity index (χ4v) is 20.8. The lowest BCUT2D eigenvalue weighted by molar-refractivity contribution is 0.556. The molecule has 0 heterocycles. The molecule has 0 saturated heterocycles. The lowest BCUT2D eigenvalue weighted by atomic mass is 9.72. The van der Waals surface area contributed by atoms with Gasteiger partial charge in [-0.05, 0) is 233 Å². The maximum atomic E-state index is 4.34. The van der Waals surface area contributed by atoms with Crippen molar-refractivity contribution in [1.82, 2.24) is 0 Å². The van der Waals surface area contributed by atoms with E-state index in [1.807, 2.05) is 0 Å². The summed E-state index contributed by atoms with van der Waals surface area (Å²) in [5, 5.41) is 36.9. The Hall–Kier alpha value is -4.98. The second-order valence-electron chi connectivity index (χ2n) is 34.1. The molecule has 552 valence electrons. The van der Waals surface area contributed by atoms with Gasteiger partial charge in [-0.2, -0.15) is 0 Å². The lowest BCUT2D eigenvalue weighted by Crippen LogP contribution is -2.03. The van der Waals surface area contributed by atoms with Crippen molar-refractivity contribution in [2.75, 3.05) is 0 Å². The summed E-state index contributed by atoms with van der Waals surface area (Å²) in [5.41, 5.74) is 7.79. The summed E-state index contributed by atoms with van der Waals surface area (Å²) in [6.07, 6.45) is 74.4. The third kappa shape index (κ3) is 17.6. The quantitative estimate of drug-likeness (QED) is 0.0202. The van der Waals surface area contributed by atoms with Gasteiger partial charge >= 0.3 is 0 Å². The van der Waals surface area contributed by atoms with Crippen LogP contribution in [-0.4, -0.2) is 0 Å². The summed E-state index contributed by atoms with van der Waals surface area (Å²) in [4.78, 5) is 0. The minimum absolute atomic E-state index is 1.15. The molecular formula is C102H137Br. The van der Waals surface area contributed by atoms with E-state index in [4.69, 9.17) is 0 Å². The van der Waals surface area contributed by atoms with Gasteiger partial charge in [0.05, 0.1) is 0 Å². The fourth-order valence-electron chi connectivity index (χ4n) is 20.3. The van der Waals surface area contributed by atoms with Crippen LogP contribution in [0.4, 0.5) is 0 Å². The summed E-state index contributed by atoms with van der Waals surface area (Å²) in [7, 11) is 0. The van der Waals surface area contributed by atoms with Gasteiger partial charge in [0.15, 0.2) is 0 Å². The molecule has 13 aromatic rings. The monoisotopic (exact) mass is 1440 g/mol. The van der Waals surface area contributed by atoms with E-state index in [1.54, 1.807) is 97.8 Å². The van der Waals surface area contributed by atoms with Crippen LogP contribution in [0.15, 0.2) is 77.3 Å². The predicted molar refractivity (Wildman–Crippen MR) is 469 cm³/mol. The largest absolute Gasteiger partial charge is 0.0654 e. The van der Waals surface area contributed by atoms with Gasteiger partial charge in [0.2, 0.25) is 0 Å². The van der Waals surface area contributed by atoms with E-state index in [2.05, 4.69) is 123 Å². The molecule has 0 aliphatic rings. The molecule has 0 unspecified atom stereocenters. The topological polar surface area (TPSA) is 0 Å². The zero-order chi connectivity index (χ0) is 70.7. The Bertz CT molecular complexity index is 4370. The van der Waals surface area contributed by atoms with Crippen LogP contribution in [0.1, 0.15) is 383 Å². The summed E-state index contributed by atoms with van der Waals surface area (Å²) in [6, 6.07) is 32.9. The van der Waals surface area contributed by atoms with E-state index < -0.39 is 0 Å². The van der Waals surface area contributed by atoms with Crippen LogP contribution in [0, 0.1) is 0 Å². The molecule has 0 radical (unpaired) electrons. The van der Waals surface area contributed by atoms with E-state index >= 15 is 0 Å². The number of hydrogen-bond acceptors (Lipinski definition) is 0. The summed E-state index contributed by atoms with van der Waals surface area (Å²) in [5.74, 6) is 0. The number of fused-ring (bicyclic) bond motifs is 6. The normalized spacial score (nSPS) is 12.8. The molecule has 0 atom stereocenters. The van der Waals surface area contributed by atoms with E-state index in [0.717, 1.165) is 32.1 Å². The van der Waals surface area contributed by atoms with Crippen LogP contribution in [0.3, 0.4) is 0 Å². The summed E-state index contributed by atoms with van der Waals surface area (Å²) < 4.78 is 1.22. The Kier molecular flexibility index (Phi) is 28.6. The smallest absolute Gasteiger partial charge is 0.0188 e. The van der Waals surface area contributed by atoms with Crippen LogP contribution in [0.5, 0.6) is 0 Å². The van der Waals surface area contributed by atoms with Gasteiger partial charge in [-0.1, -0.05) is 400 Å². The molecule has 0 aliphatic carbocycles. The van der Waals surface area contributed by atoms with Crippen LogP contribution in [0.2, 0.25) is 0 Å². The van der Waals surface area contributed by atoms with Gasteiger partial charge in [-0.3, -0.25) is 0 Å². The molecule has 0 amide bonds. The number of halogens is 1. The highest BCUT2D eigenvalue weighted by molar-refractivity contribution is 9.10. The molecule has 13 rings (SSSR count). The Labute approximate surface area is 633 Å². The minimum Gasteiger partial charge on any atom is -0.0654 e. The molecular weight excluding hydrogens is 1310 g/mol. The van der Waals surface area contributed by atoms with Gasteiger partial charge in [0.25, 0.3) is 0 Å². The Balaban J connectivity index is 0.999. The van der Waals surface area contributed by atoms with Gasteiger partial charge in [-0.25, -0.2) is 0 Å². The first kappa shape index (κ1) is 76.2. The average molecular weight is 1440 g/mol. The van der Waals surface area contributed by atoms with Crippen LogP contribution in [-0.2, 0) is 32.1 Å². The van der Waals surface area contributed by atoms with Crippen molar-refractivity contribution in [2.45, 2.75) is 388 Å². The molecule has 103 heavy (non-hydrogen) atoms. The van der Waals surface area contributed by atoms with Crippen molar-refractivity contribution in [1.29, 1.82) is 0 Å². The second kappa shape index (κ2) is 38.7. The van der Waals surface area contributed by atoms with Crippen LogP contribution < -0.4 is 0 Å². The fraction of sp³-hybridized carbons (Fsp3) is 0.588. The van der Waals surface area contributed by atoms with Crippen molar-refractivity contribution in [2.24, 2.45) is 0 Å². The van der Waals surface area contributed by atoms with Gasteiger partial charge in [0.1, 0.15) is 0 Å². The molecule has 13 aromatic carbocycles. The second-order valence-corrected chi connectivity index (χ2v) is 35.0. The third-order valence-electron chi connectivity index (χ3n) is 25.9. The number of rotatable bonds is 55. The van der Waals surface area contributed by atoms with E-state index in [0.29, 0.717) is 0 Å². The van der Waals surface area contributed by atoms with E-state index in [9.17, 15) is 0 Å². The molecule has 1 heteroatoms. The first-order valence-corrected chi connectivity index (χ1v) is 45.7. The molecule has 0 N–H and O–H groups in total. The SMILES string of the molecule is CCCCCCCCCCCCc1cc2c3cc(Br)cc4c5cc(CCCCCCCCCCCC)cc6c7cc(CCCCCCCCCCCC)cc8c9cc(CCCCCCCCCCCC)cc%10c%11cc(CCCCCCCCCCCC)cc%12c(c1)c2c1c(c34)c(c56)c(c78)c(c%109)c1c%12%11. The Morgan fingerprint density at radius 2 is 0.262 bits per heavy atom. The molecule has 0 saturated carbocycles. The number of hydrogen-bond donors (Lipinski definition) is 0. The molecule has 0 bridgehead atoms. The average Bonchev–Trinajstić information content (AvgIpc) is 0.643. The van der Waals surface area contributed by atoms with Crippen molar-refractivity contribution in [3.05, 3.63) is 105 Å². The summed E-state index contributed by atoms with van der Waals surface area (Å²) >= 11 is 4.34. The lowest BCUT2D eigenvalue weighted by Gasteiger charge is -2.30. The standard InChI is InChI=1S/C102H137Br/c1-6-11-16-21-26-31-36-41-46-51-56-73-61-79-81-63-74(57-52-47-42-37-32-27-22-17-12-7-2)65-83-85-67-76(59-54-49-44-39-34-29-24-19-14-9-4)69-87-89-71-78(103)72-90-88-70-77(60-55-50-45-40-35-30-25-20-15-10-5)68-86-84-66-75(58-53-48-43-38-33-28-23-18-13-8-3)64-82-80(62-73)91(79)97-98(92(81)83)100(94(85)87)102(96(89)90)101(95(86)88)99(97)93(82)84/h61-72H,6-60H2,1-5H3. The molecule has 0 nitrogen and oxygen atoms in total. The maximum Gasteiger partial charge on any atom is 0.0188 e. The van der Waals surface area contributed by atoms with Crippen molar-refractivity contribution < 1.29 is 0 Å². The van der Waals surface area contributed by atoms with Crippen molar-refractivity contribution in [3.8, 4) is 0 Å². The molecule has 0 aromatic heterocycles. The number of benzene rings is 13. The summed E-state index contributed by atoms with van der Waals surface area (Å²) in [6.45, 7) is 11.7. The van der Waals surface area contributed by atoms with Gasteiger partial charge < -0.3 is 0 Å². The van der Waals surface area contributed by atoms with Gasteiger partial charge in [-0.15, -0.1) is 0 Å². The predicted octanol–water partition coefficient (Wildman–Crippen LogP) is 35.2. The van der Waals surface area contributed by atoms with Crippen LogP contribution in [0.25, 0.3) is 129 Å². The van der Waals surface area contributed by atoms with Crippen LogP contribution >= 0.6 is 15.9 Å². The van der Waals surface area contributed by atoms with E-state index in [-0.39, 0.29) is 0 Å². The maximum absolute atomic E-state index is 4.34. The number of unbranched alkanes of at least 4 members (excludes halogenated alkanes) is 45. The molecule has 0 aliphatic heterocycles. The highest BCUT2D eigenvalue weighted by Gasteiger charge is 2.33. The zero-order valence-electron chi connectivity index (χ0n) is 66.2. The van der Waals surface area contributed by atoms with E-state index in [1.165, 1.54) is 385 Å². The minimum atomic E-state index is 1.15. The number of aryl methyl sites for hydroxylation is 5. The highest BCUT2D eigenvalue weighted by Crippen LogP contribution is 2.61.